The lowest BCUT2D eigenvalue weighted by atomic mass is 9.96. The lowest BCUT2D eigenvalue weighted by Gasteiger charge is -2.23. The Morgan fingerprint density at radius 1 is 1.30 bits per heavy atom. The summed E-state index contributed by atoms with van der Waals surface area (Å²) in [6, 6.07) is 6.88. The van der Waals surface area contributed by atoms with Crippen molar-refractivity contribution in [2.45, 2.75) is 51.5 Å². The molecule has 23 heavy (non-hydrogen) atoms. The fourth-order valence-electron chi connectivity index (χ4n) is 3.45. The summed E-state index contributed by atoms with van der Waals surface area (Å²) in [5, 5.41) is 4.70. The molecule has 0 atom stereocenters. The van der Waals surface area contributed by atoms with Crippen molar-refractivity contribution in [3.63, 3.8) is 0 Å². The molecule has 1 fully saturated rings. The van der Waals surface area contributed by atoms with Crippen LogP contribution in [0.3, 0.4) is 0 Å². The summed E-state index contributed by atoms with van der Waals surface area (Å²) in [5.41, 5.74) is 9.85. The van der Waals surface area contributed by atoms with Crippen LogP contribution in [0.2, 0.25) is 0 Å². The summed E-state index contributed by atoms with van der Waals surface area (Å²) in [6.07, 6.45) is 9.42. The van der Waals surface area contributed by atoms with Crippen LogP contribution >= 0.6 is 24.0 Å². The number of H-pyrrole nitrogens is 1. The number of aromatic nitrogens is 1. The van der Waals surface area contributed by atoms with Gasteiger partial charge in [0.1, 0.15) is 0 Å². The third-order valence-corrected chi connectivity index (χ3v) is 4.62. The molecule has 0 radical (unpaired) electrons. The molecule has 1 heterocycles. The monoisotopic (exact) mass is 426 g/mol. The molecule has 0 amide bonds. The number of halogens is 1. The van der Waals surface area contributed by atoms with Crippen molar-refractivity contribution in [2.24, 2.45) is 10.7 Å². The maximum Gasteiger partial charge on any atom is 0.188 e. The van der Waals surface area contributed by atoms with E-state index in [-0.39, 0.29) is 24.0 Å². The number of aliphatic imine (C=N–C) groups is 1. The van der Waals surface area contributed by atoms with Crippen LogP contribution < -0.4 is 11.1 Å². The first kappa shape index (κ1) is 18.1. The minimum Gasteiger partial charge on any atom is -0.370 e. The van der Waals surface area contributed by atoms with E-state index in [2.05, 4.69) is 46.6 Å². The van der Waals surface area contributed by atoms with Crippen molar-refractivity contribution in [1.82, 2.24) is 10.3 Å². The van der Waals surface area contributed by atoms with Crippen molar-refractivity contribution in [3.05, 3.63) is 35.5 Å². The number of hydrogen-bond acceptors (Lipinski definition) is 1. The van der Waals surface area contributed by atoms with Gasteiger partial charge in [-0.05, 0) is 43.4 Å². The van der Waals surface area contributed by atoms with Gasteiger partial charge < -0.3 is 16.0 Å². The van der Waals surface area contributed by atoms with Gasteiger partial charge in [0.25, 0.3) is 0 Å². The van der Waals surface area contributed by atoms with Crippen molar-refractivity contribution in [3.8, 4) is 0 Å². The number of nitrogens with two attached hydrogens (primary N) is 1. The summed E-state index contributed by atoms with van der Waals surface area (Å²) in [7, 11) is 0. The van der Waals surface area contributed by atoms with E-state index in [9.17, 15) is 0 Å². The first-order chi connectivity index (χ1) is 10.7. The first-order valence-electron chi connectivity index (χ1n) is 8.36. The Morgan fingerprint density at radius 3 is 2.87 bits per heavy atom. The van der Waals surface area contributed by atoms with E-state index >= 15 is 0 Å². The molecule has 1 saturated carbocycles. The van der Waals surface area contributed by atoms with Gasteiger partial charge in [0.15, 0.2) is 5.96 Å². The van der Waals surface area contributed by atoms with Crippen LogP contribution in [-0.2, 0) is 6.42 Å². The van der Waals surface area contributed by atoms with E-state index in [0.29, 0.717) is 12.0 Å². The second-order valence-corrected chi connectivity index (χ2v) is 6.31. The van der Waals surface area contributed by atoms with Gasteiger partial charge in [-0.3, -0.25) is 4.99 Å². The van der Waals surface area contributed by atoms with Crippen LogP contribution in [-0.4, -0.2) is 23.5 Å². The smallest absolute Gasteiger partial charge is 0.188 e. The Morgan fingerprint density at radius 2 is 2.09 bits per heavy atom. The van der Waals surface area contributed by atoms with E-state index in [1.807, 2.05) is 0 Å². The number of benzene rings is 1. The molecular formula is C18H27IN4. The lowest BCUT2D eigenvalue weighted by molar-refractivity contribution is 0.412. The summed E-state index contributed by atoms with van der Waals surface area (Å²) in [4.78, 5) is 7.84. The number of nitrogens with one attached hydrogen (secondary N) is 2. The van der Waals surface area contributed by atoms with Gasteiger partial charge in [0.2, 0.25) is 0 Å². The second kappa shape index (κ2) is 8.57. The van der Waals surface area contributed by atoms with Crippen molar-refractivity contribution in [2.75, 3.05) is 6.54 Å². The maximum atomic E-state index is 6.02. The fourth-order valence-corrected chi connectivity index (χ4v) is 3.45. The highest BCUT2D eigenvalue weighted by Gasteiger charge is 2.13. The Hall–Kier alpha value is -1.24. The molecular weight excluding hydrogens is 399 g/mol. The zero-order valence-corrected chi connectivity index (χ0v) is 16.1. The third kappa shape index (κ3) is 4.62. The van der Waals surface area contributed by atoms with Gasteiger partial charge in [0, 0.05) is 29.7 Å². The Kier molecular flexibility index (Phi) is 6.74. The summed E-state index contributed by atoms with van der Waals surface area (Å²) >= 11 is 0. The Bertz CT molecular complexity index is 656. The molecule has 2 aromatic rings. The summed E-state index contributed by atoms with van der Waals surface area (Å²) < 4.78 is 0. The summed E-state index contributed by atoms with van der Waals surface area (Å²) in [6.45, 7) is 2.88. The van der Waals surface area contributed by atoms with Crippen LogP contribution in [0, 0.1) is 6.92 Å². The Balaban J connectivity index is 0.00000192. The van der Waals surface area contributed by atoms with Crippen molar-refractivity contribution < 1.29 is 0 Å². The number of nitrogens with zero attached hydrogens (tertiary/aromatic N) is 1. The van der Waals surface area contributed by atoms with Crippen LogP contribution in [0.15, 0.2) is 29.4 Å². The predicted molar refractivity (Wildman–Crippen MR) is 109 cm³/mol. The lowest BCUT2D eigenvalue weighted by Crippen LogP contribution is -2.41. The molecule has 4 N–H and O–H groups in total. The maximum absolute atomic E-state index is 6.02. The highest BCUT2D eigenvalue weighted by atomic mass is 127. The van der Waals surface area contributed by atoms with Crippen LogP contribution in [0.4, 0.5) is 0 Å². The molecule has 4 nitrogen and oxygen atoms in total. The molecule has 0 saturated heterocycles. The normalized spacial score (nSPS) is 16.3. The number of aromatic amines is 1. The highest BCUT2D eigenvalue weighted by Crippen LogP contribution is 2.22. The molecule has 1 aliphatic carbocycles. The second-order valence-electron chi connectivity index (χ2n) is 6.31. The molecule has 0 unspecified atom stereocenters. The topological polar surface area (TPSA) is 66.2 Å². The van der Waals surface area contributed by atoms with Crippen molar-refractivity contribution in [1.29, 1.82) is 0 Å². The highest BCUT2D eigenvalue weighted by molar-refractivity contribution is 14.0. The molecule has 1 aromatic carbocycles. The van der Waals surface area contributed by atoms with E-state index in [4.69, 9.17) is 5.73 Å². The third-order valence-electron chi connectivity index (χ3n) is 4.62. The van der Waals surface area contributed by atoms with E-state index < -0.39 is 0 Å². The minimum absolute atomic E-state index is 0. The molecule has 5 heteroatoms. The molecule has 0 bridgehead atoms. The van der Waals surface area contributed by atoms with Crippen LogP contribution in [0.5, 0.6) is 0 Å². The fraction of sp³-hybridized carbons (Fsp3) is 0.500. The number of hydrogen-bond donors (Lipinski definition) is 3. The largest absolute Gasteiger partial charge is 0.370 e. The number of fused-ring (bicyclic) bond motifs is 1. The first-order valence-corrected chi connectivity index (χ1v) is 8.36. The molecule has 1 aliphatic rings. The van der Waals surface area contributed by atoms with Gasteiger partial charge >= 0.3 is 0 Å². The zero-order valence-electron chi connectivity index (χ0n) is 13.8. The quantitative estimate of drug-likeness (QED) is 0.395. The SMILES string of the molecule is Cc1cccc2[nH]cc(CCN=C(N)NC3CCCCC3)c12.I. The molecule has 1 aromatic heterocycles. The molecule has 0 spiro atoms. The van der Waals surface area contributed by atoms with Gasteiger partial charge in [0.05, 0.1) is 0 Å². The average Bonchev–Trinajstić information content (AvgIpc) is 2.93. The predicted octanol–water partition coefficient (Wildman–Crippen LogP) is 3.87. The zero-order chi connectivity index (χ0) is 15.4. The van der Waals surface area contributed by atoms with Gasteiger partial charge in [-0.1, -0.05) is 31.4 Å². The van der Waals surface area contributed by atoms with Crippen LogP contribution in [0.25, 0.3) is 10.9 Å². The molecule has 3 rings (SSSR count). The molecule has 126 valence electrons. The minimum atomic E-state index is 0. The van der Waals surface area contributed by atoms with Gasteiger partial charge in [-0.2, -0.15) is 0 Å². The van der Waals surface area contributed by atoms with Gasteiger partial charge in [-0.15, -0.1) is 24.0 Å². The molecule has 0 aliphatic heterocycles. The summed E-state index contributed by atoms with van der Waals surface area (Å²) in [5.74, 6) is 0.600. The number of rotatable bonds is 4. The van der Waals surface area contributed by atoms with E-state index in [1.54, 1.807) is 0 Å². The standard InChI is InChI=1S/C18H26N4.HI/c1-13-6-5-9-16-17(13)14(12-21-16)10-11-20-18(19)22-15-7-3-2-4-8-15;/h5-6,9,12,15,21H,2-4,7-8,10-11H2,1H3,(H3,19,20,22);1H. The van der Waals surface area contributed by atoms with Crippen LogP contribution in [0.1, 0.15) is 43.2 Å². The average molecular weight is 426 g/mol. The van der Waals surface area contributed by atoms with E-state index in [1.165, 1.54) is 54.1 Å². The number of guanidine groups is 1. The number of aryl methyl sites for hydroxylation is 1. The van der Waals surface area contributed by atoms with E-state index in [0.717, 1.165) is 13.0 Å². The Labute approximate surface area is 155 Å². The van der Waals surface area contributed by atoms with Crippen molar-refractivity contribution >= 4 is 40.8 Å². The van der Waals surface area contributed by atoms with Gasteiger partial charge in [-0.25, -0.2) is 0 Å².